The molecule has 0 spiro atoms. The van der Waals surface area contributed by atoms with Gasteiger partial charge in [-0.3, -0.25) is 0 Å². The van der Waals surface area contributed by atoms with E-state index in [0.29, 0.717) is 0 Å². The van der Waals surface area contributed by atoms with Crippen LogP contribution < -0.4 is 5.32 Å². The maximum absolute atomic E-state index is 3.41. The third kappa shape index (κ3) is 9.55. The molecule has 0 heterocycles. The molecule has 0 aromatic carbocycles. The zero-order chi connectivity index (χ0) is 15.2. The summed E-state index contributed by atoms with van der Waals surface area (Å²) in [7, 11) is 2.12. The summed E-state index contributed by atoms with van der Waals surface area (Å²) in [6.45, 7) is 3.55. The minimum absolute atomic E-state index is 0.974. The lowest BCUT2D eigenvalue weighted by molar-refractivity contribution is 0.216. The van der Waals surface area contributed by atoms with Crippen LogP contribution in [0.5, 0.6) is 0 Å². The first-order chi connectivity index (χ1) is 10.4. The van der Waals surface area contributed by atoms with E-state index in [9.17, 15) is 0 Å². The van der Waals surface area contributed by atoms with Crippen LogP contribution in [0.25, 0.3) is 0 Å². The summed E-state index contributed by atoms with van der Waals surface area (Å²) in [6, 6.07) is 0. The summed E-state index contributed by atoms with van der Waals surface area (Å²) >= 11 is 0. The molecular weight excluding hydrogens is 254 g/mol. The molecule has 0 saturated heterocycles. The highest BCUT2D eigenvalue weighted by molar-refractivity contribution is 4.76. The van der Waals surface area contributed by atoms with Crippen molar-refractivity contribution in [1.29, 1.82) is 0 Å². The molecule has 0 aliphatic heterocycles. The number of nitrogens with one attached hydrogen (secondary N) is 1. The molecule has 2 atom stereocenters. The van der Waals surface area contributed by atoms with Crippen LogP contribution in [-0.4, -0.2) is 13.6 Å². The fourth-order valence-electron chi connectivity index (χ4n) is 4.09. The van der Waals surface area contributed by atoms with Gasteiger partial charge in [-0.05, 0) is 31.8 Å². The Bertz CT molecular complexity index is 212. The lowest BCUT2D eigenvalue weighted by Crippen LogP contribution is -2.28. The molecule has 1 heteroatoms. The van der Waals surface area contributed by atoms with Crippen LogP contribution in [0.4, 0.5) is 0 Å². The van der Waals surface area contributed by atoms with Gasteiger partial charge in [0.1, 0.15) is 0 Å². The molecule has 0 aromatic rings. The van der Waals surface area contributed by atoms with Gasteiger partial charge in [-0.1, -0.05) is 96.8 Å². The molecule has 1 nitrogen and oxygen atoms in total. The van der Waals surface area contributed by atoms with E-state index in [0.717, 1.165) is 11.8 Å². The predicted octanol–water partition coefficient (Wildman–Crippen LogP) is 6.32. The van der Waals surface area contributed by atoms with Crippen LogP contribution in [-0.2, 0) is 0 Å². The third-order valence-corrected chi connectivity index (χ3v) is 5.46. The van der Waals surface area contributed by atoms with Crippen molar-refractivity contribution >= 4 is 0 Å². The van der Waals surface area contributed by atoms with Crippen LogP contribution in [0.3, 0.4) is 0 Å². The molecule has 1 saturated carbocycles. The fraction of sp³-hybridized carbons (Fsp3) is 1.00. The molecule has 1 aliphatic rings. The van der Waals surface area contributed by atoms with Gasteiger partial charge in [-0.25, -0.2) is 0 Å². The van der Waals surface area contributed by atoms with Crippen LogP contribution in [0, 0.1) is 11.8 Å². The number of hydrogen-bond donors (Lipinski definition) is 1. The maximum Gasteiger partial charge on any atom is -0.00209 e. The Hall–Kier alpha value is -0.0400. The van der Waals surface area contributed by atoms with Crippen molar-refractivity contribution in [2.45, 2.75) is 103 Å². The highest BCUT2D eigenvalue weighted by Gasteiger charge is 2.23. The Morgan fingerprint density at radius 3 is 1.81 bits per heavy atom. The lowest BCUT2D eigenvalue weighted by Gasteiger charge is -2.31. The second kappa shape index (κ2) is 13.6. The largest absolute Gasteiger partial charge is 0.319 e. The summed E-state index contributed by atoms with van der Waals surface area (Å²) in [5.74, 6) is 2.00. The Morgan fingerprint density at radius 2 is 1.24 bits per heavy atom. The maximum atomic E-state index is 3.41. The highest BCUT2D eigenvalue weighted by atomic mass is 14.8. The molecule has 126 valence electrons. The van der Waals surface area contributed by atoms with E-state index in [4.69, 9.17) is 0 Å². The van der Waals surface area contributed by atoms with Crippen LogP contribution in [0.2, 0.25) is 0 Å². The molecule has 0 amide bonds. The van der Waals surface area contributed by atoms with Gasteiger partial charge in [-0.15, -0.1) is 0 Å². The van der Waals surface area contributed by atoms with Crippen molar-refractivity contribution in [3.05, 3.63) is 0 Å². The molecule has 1 aliphatic carbocycles. The van der Waals surface area contributed by atoms with E-state index in [2.05, 4.69) is 19.3 Å². The zero-order valence-electron chi connectivity index (χ0n) is 15.0. The molecule has 1 fully saturated rings. The van der Waals surface area contributed by atoms with Crippen LogP contribution in [0.1, 0.15) is 103 Å². The first-order valence-corrected chi connectivity index (χ1v) is 10.0. The Morgan fingerprint density at radius 1 is 0.714 bits per heavy atom. The number of hydrogen-bond acceptors (Lipinski definition) is 1. The van der Waals surface area contributed by atoms with Gasteiger partial charge >= 0.3 is 0 Å². The van der Waals surface area contributed by atoms with E-state index < -0.39 is 0 Å². The molecular formula is C20H41N. The van der Waals surface area contributed by atoms with Gasteiger partial charge in [0, 0.05) is 0 Å². The first-order valence-electron chi connectivity index (χ1n) is 10.0. The average molecular weight is 296 g/mol. The van der Waals surface area contributed by atoms with Gasteiger partial charge in [0.05, 0.1) is 0 Å². The molecule has 0 aromatic heterocycles. The van der Waals surface area contributed by atoms with Crippen LogP contribution >= 0.6 is 0 Å². The molecule has 0 radical (unpaired) electrons. The van der Waals surface area contributed by atoms with E-state index >= 15 is 0 Å². The van der Waals surface area contributed by atoms with Gasteiger partial charge < -0.3 is 5.32 Å². The van der Waals surface area contributed by atoms with Gasteiger partial charge in [0.25, 0.3) is 0 Å². The summed E-state index contributed by atoms with van der Waals surface area (Å²) in [4.78, 5) is 0. The minimum atomic E-state index is 0.974. The summed E-state index contributed by atoms with van der Waals surface area (Å²) in [5.41, 5.74) is 0. The van der Waals surface area contributed by atoms with Crippen molar-refractivity contribution in [2.75, 3.05) is 13.6 Å². The van der Waals surface area contributed by atoms with Crippen molar-refractivity contribution in [3.63, 3.8) is 0 Å². The third-order valence-electron chi connectivity index (χ3n) is 5.46. The molecule has 1 rings (SSSR count). The summed E-state index contributed by atoms with van der Waals surface area (Å²) in [5, 5.41) is 3.41. The average Bonchev–Trinajstić information content (AvgIpc) is 2.51. The van der Waals surface area contributed by atoms with Crippen molar-refractivity contribution in [2.24, 2.45) is 11.8 Å². The second-order valence-electron chi connectivity index (χ2n) is 7.33. The second-order valence-corrected chi connectivity index (χ2v) is 7.33. The van der Waals surface area contributed by atoms with E-state index in [1.54, 1.807) is 0 Å². The Labute approximate surface area is 134 Å². The normalized spacial score (nSPS) is 22.6. The van der Waals surface area contributed by atoms with E-state index in [1.165, 1.54) is 103 Å². The molecule has 0 bridgehead atoms. The van der Waals surface area contributed by atoms with Gasteiger partial charge in [0.2, 0.25) is 0 Å². The quantitative estimate of drug-likeness (QED) is 0.392. The summed E-state index contributed by atoms with van der Waals surface area (Å²) in [6.07, 6.45) is 22.1. The topological polar surface area (TPSA) is 12.0 Å². The smallest absolute Gasteiger partial charge is 0.00209 e. The van der Waals surface area contributed by atoms with Crippen LogP contribution in [0.15, 0.2) is 0 Å². The zero-order valence-corrected chi connectivity index (χ0v) is 15.0. The number of rotatable bonds is 13. The fourth-order valence-corrected chi connectivity index (χ4v) is 4.09. The lowest BCUT2D eigenvalue weighted by atomic mass is 9.76. The monoisotopic (exact) mass is 295 g/mol. The SMILES string of the molecule is CCCCCCCCCCCCC1CCCCC1CNC. The Kier molecular flexibility index (Phi) is 12.3. The standard InChI is InChI=1S/C20H41N/c1-3-4-5-6-7-8-9-10-11-12-15-19-16-13-14-17-20(19)18-21-2/h19-21H,3-18H2,1-2H3. The molecule has 2 unspecified atom stereocenters. The van der Waals surface area contributed by atoms with Crippen molar-refractivity contribution in [3.8, 4) is 0 Å². The molecule has 21 heavy (non-hydrogen) atoms. The van der Waals surface area contributed by atoms with Gasteiger partial charge in [-0.2, -0.15) is 0 Å². The van der Waals surface area contributed by atoms with Gasteiger partial charge in [0.15, 0.2) is 0 Å². The van der Waals surface area contributed by atoms with Crippen molar-refractivity contribution in [1.82, 2.24) is 5.32 Å². The summed E-state index contributed by atoms with van der Waals surface area (Å²) < 4.78 is 0. The van der Waals surface area contributed by atoms with E-state index in [1.807, 2.05) is 0 Å². The molecule has 1 N–H and O–H groups in total. The Balaban J connectivity index is 1.91. The van der Waals surface area contributed by atoms with E-state index in [-0.39, 0.29) is 0 Å². The predicted molar refractivity (Wildman–Crippen MR) is 95.8 cm³/mol. The number of unbranched alkanes of at least 4 members (excludes halogenated alkanes) is 9. The minimum Gasteiger partial charge on any atom is -0.319 e. The highest BCUT2D eigenvalue weighted by Crippen LogP contribution is 2.33. The van der Waals surface area contributed by atoms with Crippen molar-refractivity contribution < 1.29 is 0 Å². The first kappa shape index (κ1) is 19.0.